The van der Waals surface area contributed by atoms with Crippen molar-refractivity contribution in [2.75, 3.05) is 13.2 Å². The van der Waals surface area contributed by atoms with Crippen molar-refractivity contribution in [3.05, 3.63) is 65.7 Å². The second kappa shape index (κ2) is 8.11. The Labute approximate surface area is 125 Å². The van der Waals surface area contributed by atoms with E-state index in [2.05, 4.69) is 11.2 Å². The Morgan fingerprint density at radius 3 is 2.43 bits per heavy atom. The molecule has 21 heavy (non-hydrogen) atoms. The topological polar surface area (TPSA) is 41.5 Å². The molecule has 0 aliphatic rings. The number of nitrogens with one attached hydrogen (secondary N) is 1. The normalized spacial score (nSPS) is 11.6. The van der Waals surface area contributed by atoms with Gasteiger partial charge in [-0.15, -0.1) is 6.42 Å². The van der Waals surface area contributed by atoms with E-state index < -0.39 is 0 Å². The van der Waals surface area contributed by atoms with Crippen LogP contribution in [0.25, 0.3) is 0 Å². The van der Waals surface area contributed by atoms with Gasteiger partial charge < -0.3 is 15.2 Å². The van der Waals surface area contributed by atoms with Gasteiger partial charge in [-0.3, -0.25) is 0 Å². The number of terminal acetylenes is 1. The first-order valence-electron chi connectivity index (χ1n) is 6.88. The van der Waals surface area contributed by atoms with Crippen LogP contribution in [0.15, 0.2) is 54.6 Å². The van der Waals surface area contributed by atoms with Gasteiger partial charge in [0, 0.05) is 6.54 Å². The fourth-order valence-electron chi connectivity index (χ4n) is 2.04. The molecule has 0 aliphatic heterocycles. The quantitative estimate of drug-likeness (QED) is 0.766. The monoisotopic (exact) mass is 281 g/mol. The zero-order valence-corrected chi connectivity index (χ0v) is 11.8. The largest absolute Gasteiger partial charge is 0.481 e. The van der Waals surface area contributed by atoms with Gasteiger partial charge in [-0.1, -0.05) is 48.4 Å². The van der Waals surface area contributed by atoms with Crippen molar-refractivity contribution in [2.45, 2.75) is 12.6 Å². The molecule has 2 N–H and O–H groups in total. The molecule has 0 saturated carbocycles. The summed E-state index contributed by atoms with van der Waals surface area (Å²) in [5.41, 5.74) is 2.20. The summed E-state index contributed by atoms with van der Waals surface area (Å²) < 4.78 is 5.33. The Morgan fingerprint density at radius 1 is 1.10 bits per heavy atom. The van der Waals surface area contributed by atoms with E-state index in [4.69, 9.17) is 11.2 Å². The number of aliphatic hydroxyl groups excluding tert-OH is 1. The minimum absolute atomic E-state index is 0.0629. The molecule has 108 valence electrons. The van der Waals surface area contributed by atoms with Crippen molar-refractivity contribution >= 4 is 0 Å². The lowest BCUT2D eigenvalue weighted by Crippen LogP contribution is -2.23. The Bertz CT molecular complexity index is 572. The van der Waals surface area contributed by atoms with Crippen LogP contribution >= 0.6 is 0 Å². The minimum Gasteiger partial charge on any atom is -0.481 e. The average Bonchev–Trinajstić information content (AvgIpc) is 2.55. The summed E-state index contributed by atoms with van der Waals surface area (Å²) in [5.74, 6) is 3.20. The molecule has 0 radical (unpaired) electrons. The molecule has 0 saturated heterocycles. The van der Waals surface area contributed by atoms with Crippen LogP contribution in [0.5, 0.6) is 5.75 Å². The van der Waals surface area contributed by atoms with E-state index in [9.17, 15) is 5.11 Å². The highest BCUT2D eigenvalue weighted by molar-refractivity contribution is 5.28. The highest BCUT2D eigenvalue weighted by atomic mass is 16.5. The van der Waals surface area contributed by atoms with E-state index in [1.165, 1.54) is 0 Å². The SMILES string of the molecule is C#CCOc1ccc(CNC(CO)c2ccccc2)cc1. The first-order chi connectivity index (χ1) is 10.3. The fraction of sp³-hybridized carbons (Fsp3) is 0.222. The summed E-state index contributed by atoms with van der Waals surface area (Å²) in [6.07, 6.45) is 5.15. The Balaban J connectivity index is 1.91. The van der Waals surface area contributed by atoms with Gasteiger partial charge in [0.15, 0.2) is 0 Å². The van der Waals surface area contributed by atoms with Crippen LogP contribution < -0.4 is 10.1 Å². The highest BCUT2D eigenvalue weighted by Crippen LogP contribution is 2.15. The lowest BCUT2D eigenvalue weighted by molar-refractivity contribution is 0.243. The summed E-state index contributed by atoms with van der Waals surface area (Å²) >= 11 is 0. The van der Waals surface area contributed by atoms with Crippen LogP contribution in [-0.2, 0) is 6.54 Å². The van der Waals surface area contributed by atoms with Gasteiger partial charge >= 0.3 is 0 Å². The maximum absolute atomic E-state index is 9.50. The van der Waals surface area contributed by atoms with E-state index in [0.29, 0.717) is 6.54 Å². The first kappa shape index (κ1) is 15.1. The third kappa shape index (κ3) is 4.64. The second-order valence-electron chi connectivity index (χ2n) is 4.66. The molecule has 0 aliphatic carbocycles. The zero-order chi connectivity index (χ0) is 14.9. The number of hydrogen-bond acceptors (Lipinski definition) is 3. The van der Waals surface area contributed by atoms with Crippen molar-refractivity contribution in [1.29, 1.82) is 0 Å². The minimum atomic E-state index is -0.0661. The summed E-state index contributed by atoms with van der Waals surface area (Å²) in [6, 6.07) is 17.6. The molecule has 0 aromatic heterocycles. The summed E-state index contributed by atoms with van der Waals surface area (Å²) in [5, 5.41) is 12.8. The lowest BCUT2D eigenvalue weighted by atomic mass is 10.1. The molecule has 3 heteroatoms. The Hall–Kier alpha value is -2.28. The van der Waals surface area contributed by atoms with Gasteiger partial charge in [0.25, 0.3) is 0 Å². The molecule has 3 nitrogen and oxygen atoms in total. The van der Waals surface area contributed by atoms with Gasteiger partial charge in [-0.05, 0) is 23.3 Å². The number of ether oxygens (including phenoxy) is 1. The Morgan fingerprint density at radius 2 is 1.81 bits per heavy atom. The van der Waals surface area contributed by atoms with Crippen molar-refractivity contribution < 1.29 is 9.84 Å². The lowest BCUT2D eigenvalue weighted by Gasteiger charge is -2.16. The maximum atomic E-state index is 9.50. The van der Waals surface area contributed by atoms with Crippen LogP contribution in [-0.4, -0.2) is 18.3 Å². The molecule has 1 atom stereocenters. The van der Waals surface area contributed by atoms with Crippen LogP contribution in [0.1, 0.15) is 17.2 Å². The van der Waals surface area contributed by atoms with Crippen LogP contribution in [0.3, 0.4) is 0 Å². The van der Waals surface area contributed by atoms with E-state index in [1.807, 2.05) is 54.6 Å². The van der Waals surface area contributed by atoms with E-state index in [1.54, 1.807) is 0 Å². The standard InChI is InChI=1S/C18H19NO2/c1-2-12-21-17-10-8-15(9-11-17)13-19-18(14-20)16-6-4-3-5-7-16/h1,3-11,18-20H,12-14H2. The van der Waals surface area contributed by atoms with Crippen molar-refractivity contribution in [3.63, 3.8) is 0 Å². The van der Waals surface area contributed by atoms with E-state index >= 15 is 0 Å². The molecule has 0 bridgehead atoms. The van der Waals surface area contributed by atoms with E-state index in [-0.39, 0.29) is 19.3 Å². The van der Waals surface area contributed by atoms with E-state index in [0.717, 1.165) is 16.9 Å². The van der Waals surface area contributed by atoms with Crippen molar-refractivity contribution in [3.8, 4) is 18.1 Å². The predicted octanol–water partition coefficient (Wildman–Crippen LogP) is 2.52. The van der Waals surface area contributed by atoms with Gasteiger partial charge in [0.05, 0.1) is 12.6 Å². The van der Waals surface area contributed by atoms with Crippen molar-refractivity contribution in [2.24, 2.45) is 0 Å². The summed E-state index contributed by atoms with van der Waals surface area (Å²) in [4.78, 5) is 0. The van der Waals surface area contributed by atoms with Crippen LogP contribution in [0, 0.1) is 12.3 Å². The summed E-state index contributed by atoms with van der Waals surface area (Å²) in [7, 11) is 0. The first-order valence-corrected chi connectivity index (χ1v) is 6.88. The molecule has 2 aromatic rings. The Kier molecular flexibility index (Phi) is 5.83. The molecule has 0 amide bonds. The number of aliphatic hydroxyl groups is 1. The molecule has 0 spiro atoms. The molecule has 2 rings (SSSR count). The third-order valence-electron chi connectivity index (χ3n) is 3.18. The molecular weight excluding hydrogens is 262 g/mol. The van der Waals surface area contributed by atoms with Gasteiger partial charge in [0.1, 0.15) is 12.4 Å². The molecule has 0 heterocycles. The van der Waals surface area contributed by atoms with Crippen LogP contribution in [0.4, 0.5) is 0 Å². The maximum Gasteiger partial charge on any atom is 0.148 e. The number of benzene rings is 2. The molecule has 2 aromatic carbocycles. The van der Waals surface area contributed by atoms with Crippen molar-refractivity contribution in [1.82, 2.24) is 5.32 Å². The fourth-order valence-corrected chi connectivity index (χ4v) is 2.04. The molecule has 1 unspecified atom stereocenters. The van der Waals surface area contributed by atoms with Gasteiger partial charge in [0.2, 0.25) is 0 Å². The second-order valence-corrected chi connectivity index (χ2v) is 4.66. The highest BCUT2D eigenvalue weighted by Gasteiger charge is 2.08. The third-order valence-corrected chi connectivity index (χ3v) is 3.18. The predicted molar refractivity (Wildman–Crippen MR) is 83.9 cm³/mol. The summed E-state index contributed by atoms with van der Waals surface area (Å²) in [6.45, 7) is 1.01. The smallest absolute Gasteiger partial charge is 0.148 e. The zero-order valence-electron chi connectivity index (χ0n) is 11.8. The average molecular weight is 281 g/mol. The van der Waals surface area contributed by atoms with Gasteiger partial charge in [-0.2, -0.15) is 0 Å². The van der Waals surface area contributed by atoms with Gasteiger partial charge in [-0.25, -0.2) is 0 Å². The molecular formula is C18H19NO2. The van der Waals surface area contributed by atoms with Crippen LogP contribution in [0.2, 0.25) is 0 Å². The number of rotatable bonds is 7. The molecule has 0 fully saturated rings. The number of hydrogen-bond donors (Lipinski definition) is 2.